The molecule has 0 heterocycles. The van der Waals surface area contributed by atoms with Crippen LogP contribution >= 0.6 is 27.5 Å². The summed E-state index contributed by atoms with van der Waals surface area (Å²) in [6, 6.07) is 18.8. The van der Waals surface area contributed by atoms with Gasteiger partial charge in [-0.2, -0.15) is 5.10 Å². The quantitative estimate of drug-likeness (QED) is 0.210. The average Bonchev–Trinajstić information content (AvgIpc) is 2.75. The van der Waals surface area contributed by atoms with Crippen molar-refractivity contribution in [1.82, 2.24) is 5.43 Å². The fraction of sp³-hybridized carbons (Fsp3) is 0.0870. The van der Waals surface area contributed by atoms with Crippen molar-refractivity contribution < 1.29 is 19.1 Å². The van der Waals surface area contributed by atoms with Crippen LogP contribution in [0.3, 0.4) is 0 Å². The molecule has 0 unspecified atom stereocenters. The van der Waals surface area contributed by atoms with Crippen molar-refractivity contribution in [2.75, 3.05) is 6.61 Å². The Morgan fingerprint density at radius 2 is 1.81 bits per heavy atom. The molecule has 0 spiro atoms. The van der Waals surface area contributed by atoms with Crippen LogP contribution in [0.25, 0.3) is 0 Å². The van der Waals surface area contributed by atoms with E-state index in [2.05, 4.69) is 26.5 Å². The summed E-state index contributed by atoms with van der Waals surface area (Å²) in [6.07, 6.45) is 1.39. The van der Waals surface area contributed by atoms with Crippen molar-refractivity contribution in [3.63, 3.8) is 0 Å². The smallest absolute Gasteiger partial charge is 0.343 e. The lowest BCUT2D eigenvalue weighted by molar-refractivity contribution is -0.123. The first-order chi connectivity index (χ1) is 14.9. The number of amides is 1. The molecule has 31 heavy (non-hydrogen) atoms. The van der Waals surface area contributed by atoms with E-state index in [9.17, 15) is 9.59 Å². The molecule has 158 valence electrons. The number of nitrogens with zero attached hydrogens (tertiary/aromatic N) is 1. The maximum absolute atomic E-state index is 12.4. The molecule has 3 rings (SSSR count). The zero-order valence-electron chi connectivity index (χ0n) is 16.5. The molecule has 3 aromatic carbocycles. The molecule has 0 radical (unpaired) electrons. The normalized spacial score (nSPS) is 10.7. The summed E-state index contributed by atoms with van der Waals surface area (Å²) >= 11 is 9.22. The molecule has 1 amide bonds. The first-order valence-electron chi connectivity index (χ1n) is 9.20. The summed E-state index contributed by atoms with van der Waals surface area (Å²) in [5.41, 5.74) is 4.18. The zero-order valence-corrected chi connectivity index (χ0v) is 18.8. The van der Waals surface area contributed by atoms with Gasteiger partial charge in [0.2, 0.25) is 0 Å². The number of nitrogens with one attached hydrogen (secondary N) is 1. The second-order valence-electron chi connectivity index (χ2n) is 6.43. The van der Waals surface area contributed by atoms with Crippen LogP contribution in [0.2, 0.25) is 5.02 Å². The summed E-state index contributed by atoms with van der Waals surface area (Å²) in [6.45, 7) is 1.71. The number of aryl methyl sites for hydroxylation is 1. The molecule has 3 aromatic rings. The second-order valence-corrected chi connectivity index (χ2v) is 7.78. The third-order valence-corrected chi connectivity index (χ3v) is 4.84. The number of para-hydroxylation sites is 1. The number of carbonyl (C=O) groups excluding carboxylic acids is 2. The Bertz CT molecular complexity index is 1120. The summed E-state index contributed by atoms with van der Waals surface area (Å²) < 4.78 is 11.7. The van der Waals surface area contributed by atoms with Gasteiger partial charge < -0.3 is 9.47 Å². The van der Waals surface area contributed by atoms with Gasteiger partial charge >= 0.3 is 5.97 Å². The number of hydrazone groups is 1. The Kier molecular flexibility index (Phi) is 7.81. The highest BCUT2D eigenvalue weighted by Gasteiger charge is 2.12. The predicted molar refractivity (Wildman–Crippen MR) is 123 cm³/mol. The Labute approximate surface area is 193 Å². The van der Waals surface area contributed by atoms with Gasteiger partial charge in [0.25, 0.3) is 5.91 Å². The van der Waals surface area contributed by atoms with Crippen molar-refractivity contribution in [3.05, 3.63) is 92.9 Å². The molecule has 0 aliphatic carbocycles. The van der Waals surface area contributed by atoms with Gasteiger partial charge in [0.05, 0.1) is 11.8 Å². The Hall–Kier alpha value is -3.16. The Morgan fingerprint density at radius 1 is 1.06 bits per heavy atom. The summed E-state index contributed by atoms with van der Waals surface area (Å²) in [5.74, 6) is -0.0409. The molecule has 0 fully saturated rings. The van der Waals surface area contributed by atoms with E-state index in [1.807, 2.05) is 25.1 Å². The van der Waals surface area contributed by atoms with E-state index in [-0.39, 0.29) is 12.4 Å². The highest BCUT2D eigenvalue weighted by Crippen LogP contribution is 2.23. The fourth-order valence-corrected chi connectivity index (χ4v) is 3.03. The van der Waals surface area contributed by atoms with E-state index in [0.717, 1.165) is 10.0 Å². The molecule has 0 bridgehead atoms. The van der Waals surface area contributed by atoms with Crippen molar-refractivity contribution >= 4 is 45.6 Å². The van der Waals surface area contributed by atoms with Gasteiger partial charge in [-0.25, -0.2) is 10.2 Å². The second kappa shape index (κ2) is 10.7. The van der Waals surface area contributed by atoms with Gasteiger partial charge in [-0.1, -0.05) is 45.7 Å². The van der Waals surface area contributed by atoms with Gasteiger partial charge in [0.15, 0.2) is 6.61 Å². The fourth-order valence-electron chi connectivity index (χ4n) is 2.53. The van der Waals surface area contributed by atoms with Gasteiger partial charge in [-0.05, 0) is 61.0 Å². The molecule has 0 aromatic heterocycles. The number of rotatable bonds is 7. The van der Waals surface area contributed by atoms with Crippen molar-refractivity contribution in [2.24, 2.45) is 5.10 Å². The number of esters is 1. The molecule has 0 aliphatic heterocycles. The standard InChI is InChI=1S/C23H18BrClN2O4/c1-15-4-2-3-5-20(15)30-14-22(28)27-26-13-17-12-18(24)8-11-21(17)31-23(29)16-6-9-19(25)10-7-16/h2-13H,14H2,1H3,(H,27,28)/b26-13+. The maximum Gasteiger partial charge on any atom is 0.343 e. The van der Waals surface area contributed by atoms with Crippen LogP contribution in [0.15, 0.2) is 76.3 Å². The first kappa shape index (κ1) is 22.5. The lowest BCUT2D eigenvalue weighted by atomic mass is 10.2. The first-order valence-corrected chi connectivity index (χ1v) is 10.4. The topological polar surface area (TPSA) is 77.0 Å². The van der Waals surface area contributed by atoms with Crippen LogP contribution in [0.4, 0.5) is 0 Å². The van der Waals surface area contributed by atoms with E-state index in [1.165, 1.54) is 6.21 Å². The van der Waals surface area contributed by atoms with E-state index >= 15 is 0 Å². The third kappa shape index (κ3) is 6.67. The van der Waals surface area contributed by atoms with Gasteiger partial charge in [-0.3, -0.25) is 4.79 Å². The molecule has 0 saturated heterocycles. The predicted octanol–water partition coefficient (Wildman–Crippen LogP) is 5.16. The maximum atomic E-state index is 12.4. The molecule has 0 aliphatic rings. The molecule has 0 atom stereocenters. The molecular formula is C23H18BrClN2O4. The van der Waals surface area contributed by atoms with Crippen LogP contribution in [0, 0.1) is 6.92 Å². The highest BCUT2D eigenvalue weighted by molar-refractivity contribution is 9.10. The van der Waals surface area contributed by atoms with Crippen LogP contribution < -0.4 is 14.9 Å². The number of ether oxygens (including phenoxy) is 2. The Morgan fingerprint density at radius 3 is 2.55 bits per heavy atom. The van der Waals surface area contributed by atoms with Gasteiger partial charge in [-0.15, -0.1) is 0 Å². The van der Waals surface area contributed by atoms with Crippen molar-refractivity contribution in [3.8, 4) is 11.5 Å². The summed E-state index contributed by atoms with van der Waals surface area (Å²) in [7, 11) is 0. The molecule has 8 heteroatoms. The van der Waals surface area contributed by atoms with Crippen molar-refractivity contribution in [2.45, 2.75) is 6.92 Å². The lowest BCUT2D eigenvalue weighted by Gasteiger charge is -2.09. The van der Waals surface area contributed by atoms with Gasteiger partial charge in [0, 0.05) is 15.1 Å². The number of carbonyl (C=O) groups is 2. The number of hydrogen-bond donors (Lipinski definition) is 1. The number of hydrogen-bond acceptors (Lipinski definition) is 5. The summed E-state index contributed by atoms with van der Waals surface area (Å²) in [4.78, 5) is 24.4. The SMILES string of the molecule is Cc1ccccc1OCC(=O)N/N=C/c1cc(Br)ccc1OC(=O)c1ccc(Cl)cc1. The van der Waals surface area contributed by atoms with E-state index in [0.29, 0.717) is 21.9 Å². The van der Waals surface area contributed by atoms with Crippen LogP contribution in [0.1, 0.15) is 21.5 Å². The van der Waals surface area contributed by atoms with E-state index in [1.54, 1.807) is 48.5 Å². The number of halogens is 2. The zero-order chi connectivity index (χ0) is 22.2. The number of benzene rings is 3. The van der Waals surface area contributed by atoms with Crippen LogP contribution in [-0.4, -0.2) is 24.7 Å². The van der Waals surface area contributed by atoms with Crippen LogP contribution in [0.5, 0.6) is 11.5 Å². The Balaban J connectivity index is 1.62. The monoisotopic (exact) mass is 500 g/mol. The molecule has 6 nitrogen and oxygen atoms in total. The summed E-state index contributed by atoms with van der Waals surface area (Å²) in [5, 5.41) is 4.46. The largest absolute Gasteiger partial charge is 0.483 e. The van der Waals surface area contributed by atoms with Gasteiger partial charge in [0.1, 0.15) is 11.5 Å². The van der Waals surface area contributed by atoms with Crippen molar-refractivity contribution in [1.29, 1.82) is 0 Å². The molecule has 1 N–H and O–H groups in total. The minimum atomic E-state index is -0.538. The minimum Gasteiger partial charge on any atom is -0.483 e. The molecular weight excluding hydrogens is 484 g/mol. The van der Waals surface area contributed by atoms with Crippen LogP contribution in [-0.2, 0) is 4.79 Å². The minimum absolute atomic E-state index is 0.181. The molecule has 0 saturated carbocycles. The highest BCUT2D eigenvalue weighted by atomic mass is 79.9. The average molecular weight is 502 g/mol. The van der Waals surface area contributed by atoms with E-state index in [4.69, 9.17) is 21.1 Å². The third-order valence-electron chi connectivity index (χ3n) is 4.10. The van der Waals surface area contributed by atoms with E-state index < -0.39 is 11.9 Å². The lowest BCUT2D eigenvalue weighted by Crippen LogP contribution is -2.24.